The fraction of sp³-hybridized carbons (Fsp3) is 0.571. The molecule has 0 saturated heterocycles. The van der Waals surface area contributed by atoms with E-state index in [9.17, 15) is 0 Å². The standard InChI is InChI=1S/C14H20Br3NO/c1-3-6-18-10(2)5-4-7-19-14-12(16)8-11(15)9-13(14)17/h8-10,18H,3-7H2,1-2H3. The van der Waals surface area contributed by atoms with Crippen LogP contribution in [0.2, 0.25) is 0 Å². The molecule has 19 heavy (non-hydrogen) atoms. The zero-order valence-corrected chi connectivity index (χ0v) is 16.1. The minimum Gasteiger partial charge on any atom is -0.491 e. The van der Waals surface area contributed by atoms with Gasteiger partial charge in [0.25, 0.3) is 0 Å². The van der Waals surface area contributed by atoms with Crippen LogP contribution in [-0.2, 0) is 0 Å². The van der Waals surface area contributed by atoms with E-state index in [0.29, 0.717) is 6.04 Å². The highest BCUT2D eigenvalue weighted by atomic mass is 79.9. The van der Waals surface area contributed by atoms with E-state index in [4.69, 9.17) is 4.74 Å². The predicted molar refractivity (Wildman–Crippen MR) is 92.0 cm³/mol. The fourth-order valence-corrected chi connectivity index (χ4v) is 4.21. The van der Waals surface area contributed by atoms with Crippen LogP contribution in [0.25, 0.3) is 0 Å². The molecule has 0 aromatic heterocycles. The molecule has 5 heteroatoms. The van der Waals surface area contributed by atoms with Crippen molar-refractivity contribution in [3.63, 3.8) is 0 Å². The average Bonchev–Trinajstić information content (AvgIpc) is 2.34. The first-order valence-corrected chi connectivity index (χ1v) is 8.93. The second-order valence-electron chi connectivity index (χ2n) is 4.54. The first-order chi connectivity index (χ1) is 9.04. The first-order valence-electron chi connectivity index (χ1n) is 6.55. The molecule has 0 aliphatic rings. The Morgan fingerprint density at radius 1 is 1.21 bits per heavy atom. The summed E-state index contributed by atoms with van der Waals surface area (Å²) >= 11 is 10.5. The van der Waals surface area contributed by atoms with Crippen molar-refractivity contribution in [3.8, 4) is 5.75 Å². The van der Waals surface area contributed by atoms with E-state index in [1.54, 1.807) is 0 Å². The van der Waals surface area contributed by atoms with E-state index < -0.39 is 0 Å². The Morgan fingerprint density at radius 2 is 1.84 bits per heavy atom. The number of hydrogen-bond donors (Lipinski definition) is 1. The van der Waals surface area contributed by atoms with Gasteiger partial charge >= 0.3 is 0 Å². The van der Waals surface area contributed by atoms with Crippen molar-refractivity contribution >= 4 is 47.8 Å². The summed E-state index contributed by atoms with van der Waals surface area (Å²) in [5.41, 5.74) is 0. The number of hydrogen-bond acceptors (Lipinski definition) is 2. The molecule has 1 rings (SSSR count). The Labute approximate surface area is 141 Å². The molecule has 0 spiro atoms. The van der Waals surface area contributed by atoms with Gasteiger partial charge in [-0.1, -0.05) is 22.9 Å². The molecule has 1 unspecified atom stereocenters. The molecule has 1 N–H and O–H groups in total. The molecule has 0 bridgehead atoms. The molecular formula is C14H20Br3NO. The molecule has 1 aromatic carbocycles. The molecule has 0 aliphatic heterocycles. The van der Waals surface area contributed by atoms with Gasteiger partial charge in [-0.05, 0) is 76.7 Å². The molecule has 108 valence electrons. The van der Waals surface area contributed by atoms with Crippen molar-refractivity contribution in [2.75, 3.05) is 13.2 Å². The number of rotatable bonds is 8. The van der Waals surface area contributed by atoms with Crippen molar-refractivity contribution in [3.05, 3.63) is 25.6 Å². The van der Waals surface area contributed by atoms with Gasteiger partial charge in [-0.15, -0.1) is 0 Å². The van der Waals surface area contributed by atoms with Gasteiger partial charge in [0.05, 0.1) is 15.6 Å². The summed E-state index contributed by atoms with van der Waals surface area (Å²) in [6.07, 6.45) is 3.36. The highest BCUT2D eigenvalue weighted by Gasteiger charge is 2.08. The molecule has 0 amide bonds. The van der Waals surface area contributed by atoms with Gasteiger partial charge in [0.1, 0.15) is 5.75 Å². The maximum Gasteiger partial charge on any atom is 0.147 e. The monoisotopic (exact) mass is 455 g/mol. The van der Waals surface area contributed by atoms with Gasteiger partial charge in [0, 0.05) is 10.5 Å². The molecule has 0 aliphatic carbocycles. The highest BCUT2D eigenvalue weighted by Crippen LogP contribution is 2.36. The van der Waals surface area contributed by atoms with Crippen LogP contribution in [0.5, 0.6) is 5.75 Å². The van der Waals surface area contributed by atoms with Crippen molar-refractivity contribution in [2.24, 2.45) is 0 Å². The van der Waals surface area contributed by atoms with Gasteiger partial charge in [0.2, 0.25) is 0 Å². The van der Waals surface area contributed by atoms with E-state index in [1.807, 2.05) is 12.1 Å². The lowest BCUT2D eigenvalue weighted by Gasteiger charge is -2.14. The van der Waals surface area contributed by atoms with Gasteiger partial charge in [-0.2, -0.15) is 0 Å². The smallest absolute Gasteiger partial charge is 0.147 e. The zero-order chi connectivity index (χ0) is 14.3. The summed E-state index contributed by atoms with van der Waals surface area (Å²) in [7, 11) is 0. The number of benzene rings is 1. The lowest BCUT2D eigenvalue weighted by molar-refractivity contribution is 0.294. The van der Waals surface area contributed by atoms with E-state index in [0.717, 1.165) is 45.2 Å². The lowest BCUT2D eigenvalue weighted by atomic mass is 10.2. The van der Waals surface area contributed by atoms with Crippen LogP contribution in [0.4, 0.5) is 0 Å². The minimum absolute atomic E-state index is 0.556. The zero-order valence-electron chi connectivity index (χ0n) is 11.3. The largest absolute Gasteiger partial charge is 0.491 e. The maximum atomic E-state index is 5.84. The van der Waals surface area contributed by atoms with Crippen LogP contribution in [0, 0.1) is 0 Å². The number of ether oxygens (including phenoxy) is 1. The third-order valence-corrected chi connectivity index (χ3v) is 4.37. The summed E-state index contributed by atoms with van der Waals surface area (Å²) in [5.74, 6) is 0.873. The average molecular weight is 458 g/mol. The topological polar surface area (TPSA) is 21.3 Å². The fourth-order valence-electron chi connectivity index (χ4n) is 1.72. The van der Waals surface area contributed by atoms with Crippen LogP contribution in [0.15, 0.2) is 25.6 Å². The Balaban J connectivity index is 2.34. The highest BCUT2D eigenvalue weighted by molar-refractivity contribution is 9.11. The summed E-state index contributed by atoms with van der Waals surface area (Å²) < 4.78 is 8.79. The molecular weight excluding hydrogens is 438 g/mol. The van der Waals surface area contributed by atoms with E-state index in [-0.39, 0.29) is 0 Å². The molecule has 0 saturated carbocycles. The van der Waals surface area contributed by atoms with Crippen LogP contribution in [0.3, 0.4) is 0 Å². The van der Waals surface area contributed by atoms with Crippen molar-refractivity contribution in [1.29, 1.82) is 0 Å². The normalized spacial score (nSPS) is 12.5. The SMILES string of the molecule is CCCNC(C)CCCOc1c(Br)cc(Br)cc1Br. The van der Waals surface area contributed by atoms with Gasteiger partial charge in [-0.25, -0.2) is 0 Å². The molecule has 2 nitrogen and oxygen atoms in total. The lowest BCUT2D eigenvalue weighted by Crippen LogP contribution is -2.26. The predicted octanol–water partition coefficient (Wildman–Crippen LogP) is 5.52. The second-order valence-corrected chi connectivity index (χ2v) is 7.17. The van der Waals surface area contributed by atoms with Crippen molar-refractivity contribution in [1.82, 2.24) is 5.32 Å². The van der Waals surface area contributed by atoms with Crippen molar-refractivity contribution < 1.29 is 4.74 Å². The minimum atomic E-state index is 0.556. The quantitative estimate of drug-likeness (QED) is 0.519. The third-order valence-electron chi connectivity index (χ3n) is 2.73. The molecule has 1 atom stereocenters. The Morgan fingerprint density at radius 3 is 2.42 bits per heavy atom. The van der Waals surface area contributed by atoms with Gasteiger partial charge in [0.15, 0.2) is 0 Å². The number of halogens is 3. The van der Waals surface area contributed by atoms with Gasteiger partial charge < -0.3 is 10.1 Å². The first kappa shape index (κ1) is 17.5. The molecule has 0 heterocycles. The second kappa shape index (κ2) is 9.37. The van der Waals surface area contributed by atoms with E-state index in [2.05, 4.69) is 67.0 Å². The van der Waals surface area contributed by atoms with Crippen LogP contribution >= 0.6 is 47.8 Å². The molecule has 0 fully saturated rings. The van der Waals surface area contributed by atoms with Gasteiger partial charge in [-0.3, -0.25) is 0 Å². The van der Waals surface area contributed by atoms with E-state index in [1.165, 1.54) is 6.42 Å². The summed E-state index contributed by atoms with van der Waals surface area (Å²) in [5, 5.41) is 3.48. The summed E-state index contributed by atoms with van der Waals surface area (Å²) in [6.45, 7) is 6.23. The van der Waals surface area contributed by atoms with Crippen LogP contribution < -0.4 is 10.1 Å². The molecule has 1 aromatic rings. The number of nitrogens with one attached hydrogen (secondary N) is 1. The van der Waals surface area contributed by atoms with Crippen LogP contribution in [0.1, 0.15) is 33.1 Å². The Hall–Kier alpha value is 0.420. The summed E-state index contributed by atoms with van der Waals surface area (Å²) in [6, 6.07) is 4.54. The van der Waals surface area contributed by atoms with Crippen LogP contribution in [-0.4, -0.2) is 19.2 Å². The Bertz CT molecular complexity index is 375. The van der Waals surface area contributed by atoms with E-state index >= 15 is 0 Å². The van der Waals surface area contributed by atoms with Crippen molar-refractivity contribution in [2.45, 2.75) is 39.2 Å². The molecule has 0 radical (unpaired) electrons. The Kier molecular flexibility index (Phi) is 8.62. The third kappa shape index (κ3) is 6.61. The summed E-state index contributed by atoms with van der Waals surface area (Å²) in [4.78, 5) is 0. The maximum absolute atomic E-state index is 5.84.